The lowest BCUT2D eigenvalue weighted by Crippen LogP contribution is -2.37. The Morgan fingerprint density at radius 1 is 1.52 bits per heavy atom. The topological polar surface area (TPSA) is 97.6 Å². The monoisotopic (exact) mass is 338 g/mol. The van der Waals surface area contributed by atoms with Crippen molar-refractivity contribution >= 4 is 28.4 Å². The maximum absolute atomic E-state index is 12.0. The van der Waals surface area contributed by atoms with E-state index in [-0.39, 0.29) is 35.9 Å². The van der Waals surface area contributed by atoms with E-state index >= 15 is 0 Å². The average Bonchev–Trinajstić information content (AvgIpc) is 3.08. The Kier molecular flexibility index (Phi) is 6.66. The zero-order valence-electron chi connectivity index (χ0n) is 11.6. The molecule has 1 aromatic rings. The second-order valence-electron chi connectivity index (χ2n) is 4.48. The molecule has 2 N–H and O–H groups in total. The van der Waals surface area contributed by atoms with E-state index in [2.05, 4.69) is 10.0 Å². The summed E-state index contributed by atoms with van der Waals surface area (Å²) in [7, 11) is -3.74. The van der Waals surface area contributed by atoms with E-state index in [1.54, 1.807) is 6.92 Å². The molecule has 21 heavy (non-hydrogen) atoms. The molecule has 120 valence electrons. The maximum atomic E-state index is 12.0. The molecule has 0 aliphatic carbocycles. The Balaban J connectivity index is 0.00000220. The maximum Gasteiger partial charge on any atom is 0.374 e. The lowest BCUT2D eigenvalue weighted by Gasteiger charge is -2.10. The lowest BCUT2D eigenvalue weighted by molar-refractivity contribution is 0.0484. The van der Waals surface area contributed by atoms with Gasteiger partial charge in [0.1, 0.15) is 0 Å². The van der Waals surface area contributed by atoms with Gasteiger partial charge in [-0.15, -0.1) is 12.4 Å². The van der Waals surface area contributed by atoms with Crippen LogP contribution in [0.25, 0.3) is 0 Å². The number of hydrogen-bond donors (Lipinski definition) is 2. The minimum absolute atomic E-state index is 0. The fraction of sp³-hybridized carbons (Fsp3) is 0.583. The number of sulfonamides is 1. The molecule has 2 rings (SSSR count). The molecule has 0 spiro atoms. The van der Waals surface area contributed by atoms with Crippen molar-refractivity contribution in [1.29, 1.82) is 0 Å². The Morgan fingerprint density at radius 3 is 2.90 bits per heavy atom. The molecule has 1 aromatic heterocycles. The number of ether oxygens (including phenoxy) is 1. The van der Waals surface area contributed by atoms with Gasteiger partial charge in [0.25, 0.3) is 10.0 Å². The number of esters is 1. The summed E-state index contributed by atoms with van der Waals surface area (Å²) in [5, 5.41) is 2.91. The fourth-order valence-electron chi connectivity index (χ4n) is 1.99. The van der Waals surface area contributed by atoms with E-state index in [0.717, 1.165) is 19.4 Å². The zero-order chi connectivity index (χ0) is 14.6. The summed E-state index contributed by atoms with van der Waals surface area (Å²) >= 11 is 0. The van der Waals surface area contributed by atoms with E-state index in [1.807, 2.05) is 0 Å². The lowest BCUT2D eigenvalue weighted by atomic mass is 10.2. The molecule has 1 unspecified atom stereocenters. The van der Waals surface area contributed by atoms with Crippen molar-refractivity contribution < 1.29 is 22.4 Å². The Bertz CT molecular complexity index is 566. The zero-order valence-corrected chi connectivity index (χ0v) is 13.3. The predicted octanol–water partition coefficient (Wildman–Crippen LogP) is 0.908. The number of rotatable bonds is 6. The molecule has 1 aliphatic rings. The van der Waals surface area contributed by atoms with Crippen LogP contribution in [0.15, 0.2) is 21.6 Å². The van der Waals surface area contributed by atoms with Crippen LogP contribution < -0.4 is 10.0 Å². The number of nitrogens with one attached hydrogen (secondary N) is 2. The third-order valence-electron chi connectivity index (χ3n) is 3.00. The van der Waals surface area contributed by atoms with E-state index in [0.29, 0.717) is 6.54 Å². The number of halogens is 1. The first-order valence-corrected chi connectivity index (χ1v) is 8.01. The highest BCUT2D eigenvalue weighted by molar-refractivity contribution is 7.89. The minimum atomic E-state index is -3.74. The average molecular weight is 339 g/mol. The van der Waals surface area contributed by atoms with Crippen LogP contribution in [0.1, 0.15) is 30.3 Å². The van der Waals surface area contributed by atoms with Crippen LogP contribution in [0, 0.1) is 0 Å². The molecule has 1 fully saturated rings. The van der Waals surface area contributed by atoms with E-state index in [9.17, 15) is 13.2 Å². The Morgan fingerprint density at radius 2 is 2.29 bits per heavy atom. The van der Waals surface area contributed by atoms with Crippen molar-refractivity contribution in [3.8, 4) is 0 Å². The SMILES string of the molecule is CCOC(=O)c1ccc(S(=O)(=O)NCC2CCCN2)o1.Cl. The summed E-state index contributed by atoms with van der Waals surface area (Å²) in [5.74, 6) is -0.794. The van der Waals surface area contributed by atoms with Crippen LogP contribution in [0.5, 0.6) is 0 Å². The molecule has 0 bridgehead atoms. The molecular weight excluding hydrogens is 320 g/mol. The van der Waals surface area contributed by atoms with Gasteiger partial charge in [0.05, 0.1) is 6.61 Å². The van der Waals surface area contributed by atoms with E-state index in [4.69, 9.17) is 9.15 Å². The van der Waals surface area contributed by atoms with Gasteiger partial charge in [0.2, 0.25) is 10.9 Å². The second kappa shape index (κ2) is 7.79. The molecule has 0 amide bonds. The molecule has 9 heteroatoms. The summed E-state index contributed by atoms with van der Waals surface area (Å²) in [5.41, 5.74) is 0. The standard InChI is InChI=1S/C12H18N2O5S.ClH/c1-2-18-12(15)10-5-6-11(19-10)20(16,17)14-8-9-4-3-7-13-9;/h5-6,9,13-14H,2-4,7-8H2,1H3;1H. The minimum Gasteiger partial charge on any atom is -0.460 e. The first-order valence-electron chi connectivity index (χ1n) is 6.53. The smallest absolute Gasteiger partial charge is 0.374 e. The fourth-order valence-corrected chi connectivity index (χ4v) is 3.00. The first kappa shape index (κ1) is 18.0. The highest BCUT2D eigenvalue weighted by Crippen LogP contribution is 2.15. The van der Waals surface area contributed by atoms with Gasteiger partial charge in [-0.2, -0.15) is 0 Å². The summed E-state index contributed by atoms with van der Waals surface area (Å²) in [6.07, 6.45) is 1.98. The van der Waals surface area contributed by atoms with E-state index < -0.39 is 16.0 Å². The third-order valence-corrected chi connectivity index (χ3v) is 4.30. The van der Waals surface area contributed by atoms with Crippen LogP contribution in [0.4, 0.5) is 0 Å². The van der Waals surface area contributed by atoms with Gasteiger partial charge in [-0.05, 0) is 38.4 Å². The number of carbonyl (C=O) groups is 1. The van der Waals surface area contributed by atoms with Crippen molar-refractivity contribution in [3.05, 3.63) is 17.9 Å². The van der Waals surface area contributed by atoms with Gasteiger partial charge in [0.15, 0.2) is 0 Å². The third kappa shape index (κ3) is 4.70. The van der Waals surface area contributed by atoms with Crippen molar-refractivity contribution in [1.82, 2.24) is 10.0 Å². The summed E-state index contributed by atoms with van der Waals surface area (Å²) in [6.45, 7) is 3.07. The van der Waals surface area contributed by atoms with Crippen LogP contribution in [0.2, 0.25) is 0 Å². The molecule has 7 nitrogen and oxygen atoms in total. The largest absolute Gasteiger partial charge is 0.460 e. The molecule has 1 atom stereocenters. The van der Waals surface area contributed by atoms with Crippen LogP contribution in [-0.4, -0.2) is 40.1 Å². The highest BCUT2D eigenvalue weighted by Gasteiger charge is 2.23. The predicted molar refractivity (Wildman–Crippen MR) is 78.1 cm³/mol. The number of furan rings is 1. The molecule has 1 saturated heterocycles. The molecule has 0 saturated carbocycles. The molecular formula is C12H19ClN2O5S. The normalized spacial score (nSPS) is 18.2. The van der Waals surface area contributed by atoms with Crippen LogP contribution in [0.3, 0.4) is 0 Å². The van der Waals surface area contributed by atoms with Gasteiger partial charge in [0, 0.05) is 12.6 Å². The molecule has 0 aromatic carbocycles. The summed E-state index contributed by atoms with van der Waals surface area (Å²) < 4.78 is 36.2. The Hall–Kier alpha value is -1.09. The first-order chi connectivity index (χ1) is 9.53. The second-order valence-corrected chi connectivity index (χ2v) is 6.18. The van der Waals surface area contributed by atoms with Crippen molar-refractivity contribution in [2.45, 2.75) is 30.9 Å². The number of carbonyl (C=O) groups excluding carboxylic acids is 1. The van der Waals surface area contributed by atoms with Crippen LogP contribution in [-0.2, 0) is 14.8 Å². The van der Waals surface area contributed by atoms with Gasteiger partial charge in [-0.25, -0.2) is 17.9 Å². The van der Waals surface area contributed by atoms with Gasteiger partial charge in [-0.1, -0.05) is 0 Å². The van der Waals surface area contributed by atoms with Crippen LogP contribution >= 0.6 is 12.4 Å². The van der Waals surface area contributed by atoms with E-state index in [1.165, 1.54) is 12.1 Å². The summed E-state index contributed by atoms with van der Waals surface area (Å²) in [6, 6.07) is 2.68. The van der Waals surface area contributed by atoms with Gasteiger partial charge >= 0.3 is 5.97 Å². The molecule has 1 aliphatic heterocycles. The summed E-state index contributed by atoms with van der Waals surface area (Å²) in [4.78, 5) is 11.4. The van der Waals surface area contributed by atoms with Crippen molar-refractivity contribution in [3.63, 3.8) is 0 Å². The Labute approximate surface area is 129 Å². The molecule has 2 heterocycles. The quantitative estimate of drug-likeness (QED) is 0.748. The van der Waals surface area contributed by atoms with Crippen molar-refractivity contribution in [2.75, 3.05) is 19.7 Å². The highest BCUT2D eigenvalue weighted by atomic mass is 35.5. The molecule has 0 radical (unpaired) electrons. The van der Waals surface area contributed by atoms with Crippen molar-refractivity contribution in [2.24, 2.45) is 0 Å². The van der Waals surface area contributed by atoms with Gasteiger partial charge in [-0.3, -0.25) is 0 Å². The van der Waals surface area contributed by atoms with Gasteiger partial charge < -0.3 is 14.5 Å². The number of hydrogen-bond acceptors (Lipinski definition) is 6.